The van der Waals surface area contributed by atoms with E-state index in [1.165, 1.54) is 50.1 Å². The Morgan fingerprint density at radius 2 is 2.16 bits per heavy atom. The van der Waals surface area contributed by atoms with Gasteiger partial charge in [0.05, 0.1) is 7.11 Å². The molecule has 0 aromatic heterocycles. The predicted molar refractivity (Wildman–Crippen MR) is 81.1 cm³/mol. The van der Waals surface area contributed by atoms with E-state index in [-0.39, 0.29) is 0 Å². The van der Waals surface area contributed by atoms with Gasteiger partial charge >= 0.3 is 0 Å². The van der Waals surface area contributed by atoms with E-state index in [0.717, 1.165) is 5.75 Å². The van der Waals surface area contributed by atoms with Crippen LogP contribution < -0.4 is 10.1 Å². The minimum absolute atomic E-state index is 0.601. The van der Waals surface area contributed by atoms with Crippen LogP contribution in [0.3, 0.4) is 0 Å². The zero-order chi connectivity index (χ0) is 13.7. The molecule has 0 amide bonds. The topological polar surface area (TPSA) is 24.5 Å². The minimum atomic E-state index is 0.601. The fourth-order valence-corrected chi connectivity index (χ4v) is 2.76. The maximum Gasteiger partial charge on any atom is 0.119 e. The van der Waals surface area contributed by atoms with E-state index in [1.807, 2.05) is 6.07 Å². The van der Waals surface area contributed by atoms with Crippen LogP contribution >= 0.6 is 0 Å². The van der Waals surface area contributed by atoms with Crippen molar-refractivity contribution in [2.24, 2.45) is 0 Å². The summed E-state index contributed by atoms with van der Waals surface area (Å²) in [6.07, 6.45) is 3.79. The molecule has 1 fully saturated rings. The standard InChI is InChI=1S/C16H26N2O/c1-4-18-10-5-6-14(9-11-18)17-16-8-7-15(19-3)12-13(16)2/h7-8,12,14,17H,4-6,9-11H2,1-3H3. The average molecular weight is 262 g/mol. The fourth-order valence-electron chi connectivity index (χ4n) is 2.76. The number of hydrogen-bond donors (Lipinski definition) is 1. The molecule has 1 N–H and O–H groups in total. The minimum Gasteiger partial charge on any atom is -0.497 e. The van der Waals surface area contributed by atoms with Gasteiger partial charge in [-0.25, -0.2) is 0 Å². The monoisotopic (exact) mass is 262 g/mol. The molecule has 1 saturated heterocycles. The predicted octanol–water partition coefficient (Wildman–Crippen LogP) is 3.29. The smallest absolute Gasteiger partial charge is 0.119 e. The van der Waals surface area contributed by atoms with Crippen molar-refractivity contribution in [1.82, 2.24) is 4.90 Å². The lowest BCUT2D eigenvalue weighted by molar-refractivity contribution is 0.300. The Labute approximate surface area is 116 Å². The third-order valence-electron chi connectivity index (χ3n) is 4.06. The summed E-state index contributed by atoms with van der Waals surface area (Å²) >= 11 is 0. The van der Waals surface area contributed by atoms with E-state index in [0.29, 0.717) is 6.04 Å². The molecule has 1 heterocycles. The SMILES string of the molecule is CCN1CCCC(Nc2ccc(OC)cc2C)CC1. The van der Waals surface area contributed by atoms with Crippen LogP contribution in [-0.4, -0.2) is 37.7 Å². The van der Waals surface area contributed by atoms with Crippen molar-refractivity contribution in [2.75, 3.05) is 32.1 Å². The average Bonchev–Trinajstić information content (AvgIpc) is 2.66. The molecule has 3 nitrogen and oxygen atoms in total. The molecule has 1 aliphatic heterocycles. The van der Waals surface area contributed by atoms with E-state index >= 15 is 0 Å². The van der Waals surface area contributed by atoms with Gasteiger partial charge in [0.1, 0.15) is 5.75 Å². The Morgan fingerprint density at radius 3 is 2.84 bits per heavy atom. The van der Waals surface area contributed by atoms with Crippen molar-refractivity contribution in [3.63, 3.8) is 0 Å². The highest BCUT2D eigenvalue weighted by Gasteiger charge is 2.16. The molecule has 0 bridgehead atoms. The van der Waals surface area contributed by atoms with Crippen LogP contribution in [0.5, 0.6) is 5.75 Å². The number of aryl methyl sites for hydroxylation is 1. The number of likely N-dealkylation sites (tertiary alicyclic amines) is 1. The summed E-state index contributed by atoms with van der Waals surface area (Å²) in [5, 5.41) is 3.70. The quantitative estimate of drug-likeness (QED) is 0.901. The van der Waals surface area contributed by atoms with Gasteiger partial charge in [-0.3, -0.25) is 0 Å². The van der Waals surface area contributed by atoms with Gasteiger partial charge in [-0.05, 0) is 63.0 Å². The van der Waals surface area contributed by atoms with E-state index in [1.54, 1.807) is 7.11 Å². The van der Waals surface area contributed by atoms with Crippen molar-refractivity contribution >= 4 is 5.69 Å². The number of ether oxygens (including phenoxy) is 1. The Balaban J connectivity index is 1.97. The van der Waals surface area contributed by atoms with Gasteiger partial charge in [0.2, 0.25) is 0 Å². The molecule has 1 aromatic carbocycles. The van der Waals surface area contributed by atoms with Crippen LogP contribution in [0.25, 0.3) is 0 Å². The fraction of sp³-hybridized carbons (Fsp3) is 0.625. The first-order valence-electron chi connectivity index (χ1n) is 7.36. The van der Waals surface area contributed by atoms with Crippen LogP contribution in [0.2, 0.25) is 0 Å². The number of anilines is 1. The number of methoxy groups -OCH3 is 1. The highest BCUT2D eigenvalue weighted by atomic mass is 16.5. The van der Waals surface area contributed by atoms with Gasteiger partial charge < -0.3 is 15.0 Å². The van der Waals surface area contributed by atoms with Crippen LogP contribution in [0.15, 0.2) is 18.2 Å². The summed E-state index contributed by atoms with van der Waals surface area (Å²) in [5.41, 5.74) is 2.51. The second kappa shape index (κ2) is 6.80. The molecule has 2 rings (SSSR count). The summed E-state index contributed by atoms with van der Waals surface area (Å²) in [6, 6.07) is 6.86. The number of benzene rings is 1. The summed E-state index contributed by atoms with van der Waals surface area (Å²) in [6.45, 7) is 8.02. The lowest BCUT2D eigenvalue weighted by Gasteiger charge is -2.20. The van der Waals surface area contributed by atoms with Gasteiger partial charge in [0, 0.05) is 18.3 Å². The molecule has 1 unspecified atom stereocenters. The largest absolute Gasteiger partial charge is 0.497 e. The van der Waals surface area contributed by atoms with Gasteiger partial charge in [-0.2, -0.15) is 0 Å². The Kier molecular flexibility index (Phi) is 5.08. The Hall–Kier alpha value is -1.22. The zero-order valence-corrected chi connectivity index (χ0v) is 12.4. The van der Waals surface area contributed by atoms with Crippen LogP contribution in [-0.2, 0) is 0 Å². The van der Waals surface area contributed by atoms with Gasteiger partial charge in [0.15, 0.2) is 0 Å². The van der Waals surface area contributed by atoms with E-state index < -0.39 is 0 Å². The molecule has 0 spiro atoms. The van der Waals surface area contributed by atoms with Crippen molar-refractivity contribution in [1.29, 1.82) is 0 Å². The molecular weight excluding hydrogens is 236 g/mol. The van der Waals surface area contributed by atoms with E-state index in [9.17, 15) is 0 Å². The number of nitrogens with zero attached hydrogens (tertiary/aromatic N) is 1. The van der Waals surface area contributed by atoms with Crippen molar-refractivity contribution < 1.29 is 4.74 Å². The normalized spacial score (nSPS) is 20.9. The first-order valence-corrected chi connectivity index (χ1v) is 7.36. The van der Waals surface area contributed by atoms with Crippen molar-refractivity contribution in [2.45, 2.75) is 39.2 Å². The van der Waals surface area contributed by atoms with E-state index in [2.05, 4.69) is 36.2 Å². The van der Waals surface area contributed by atoms with E-state index in [4.69, 9.17) is 4.74 Å². The van der Waals surface area contributed by atoms with Crippen LogP contribution in [0, 0.1) is 6.92 Å². The molecule has 3 heteroatoms. The molecule has 1 atom stereocenters. The van der Waals surface area contributed by atoms with Gasteiger partial charge in [-0.1, -0.05) is 6.92 Å². The molecule has 0 saturated carbocycles. The maximum atomic E-state index is 5.25. The van der Waals surface area contributed by atoms with Crippen LogP contribution in [0.1, 0.15) is 31.7 Å². The summed E-state index contributed by atoms with van der Waals surface area (Å²) in [4.78, 5) is 2.54. The summed E-state index contributed by atoms with van der Waals surface area (Å²) in [7, 11) is 1.71. The second-order valence-corrected chi connectivity index (χ2v) is 5.39. The van der Waals surface area contributed by atoms with Gasteiger partial charge in [0.25, 0.3) is 0 Å². The molecule has 1 aliphatic rings. The molecule has 1 aromatic rings. The second-order valence-electron chi connectivity index (χ2n) is 5.39. The molecule has 106 valence electrons. The highest BCUT2D eigenvalue weighted by Crippen LogP contribution is 2.23. The van der Waals surface area contributed by atoms with Gasteiger partial charge in [-0.15, -0.1) is 0 Å². The molecular formula is C16H26N2O. The lowest BCUT2D eigenvalue weighted by atomic mass is 10.1. The number of hydrogen-bond acceptors (Lipinski definition) is 3. The molecule has 0 aliphatic carbocycles. The first kappa shape index (κ1) is 14.2. The van der Waals surface area contributed by atoms with Crippen molar-refractivity contribution in [3.8, 4) is 5.75 Å². The lowest BCUT2D eigenvalue weighted by Crippen LogP contribution is -2.26. The Bertz CT molecular complexity index is 406. The third-order valence-corrected chi connectivity index (χ3v) is 4.06. The summed E-state index contributed by atoms with van der Waals surface area (Å²) < 4.78 is 5.25. The first-order chi connectivity index (χ1) is 9.22. The van der Waals surface area contributed by atoms with Crippen LogP contribution in [0.4, 0.5) is 5.69 Å². The number of rotatable bonds is 4. The molecule has 0 radical (unpaired) electrons. The number of nitrogens with one attached hydrogen (secondary N) is 1. The third kappa shape index (κ3) is 3.87. The molecule has 19 heavy (non-hydrogen) atoms. The van der Waals surface area contributed by atoms with Crippen molar-refractivity contribution in [3.05, 3.63) is 23.8 Å². The Morgan fingerprint density at radius 1 is 1.32 bits per heavy atom. The highest BCUT2D eigenvalue weighted by molar-refractivity contribution is 5.54. The maximum absolute atomic E-state index is 5.25. The zero-order valence-electron chi connectivity index (χ0n) is 12.4. The summed E-state index contributed by atoms with van der Waals surface area (Å²) in [5.74, 6) is 0.932.